The molecule has 0 N–H and O–H groups in total. The number of aromatic nitrogens is 4. The van der Waals surface area contributed by atoms with E-state index in [-0.39, 0.29) is 0 Å². The van der Waals surface area contributed by atoms with Crippen molar-refractivity contribution in [1.29, 1.82) is 0 Å². The predicted octanol–water partition coefficient (Wildman–Crippen LogP) is 8.47. The summed E-state index contributed by atoms with van der Waals surface area (Å²) in [4.78, 5) is 2.14. The van der Waals surface area contributed by atoms with E-state index in [2.05, 4.69) is 167 Å². The molecule has 0 atom stereocenters. The molecule has 3 aromatic carbocycles. The van der Waals surface area contributed by atoms with Crippen molar-refractivity contribution < 1.29 is 0 Å². The van der Waals surface area contributed by atoms with E-state index in [0.717, 1.165) is 50.9 Å². The van der Waals surface area contributed by atoms with Crippen LogP contribution >= 0.6 is 0 Å². The average molecular weight is 610 g/mol. The molecule has 1 aliphatic heterocycles. The van der Waals surface area contributed by atoms with Gasteiger partial charge in [0.05, 0.1) is 17.0 Å². The van der Waals surface area contributed by atoms with Crippen molar-refractivity contribution in [1.82, 2.24) is 29.4 Å². The Morgan fingerprint density at radius 1 is 0.543 bits per heavy atom. The number of benzene rings is 3. The van der Waals surface area contributed by atoms with Gasteiger partial charge in [0.1, 0.15) is 5.10 Å². The fourth-order valence-corrected chi connectivity index (χ4v) is 6.31. The van der Waals surface area contributed by atoms with E-state index in [9.17, 15) is 0 Å². The second-order valence-corrected chi connectivity index (χ2v) is 13.8. The molecule has 46 heavy (non-hydrogen) atoms. The Bertz CT molecular complexity index is 1790. The van der Waals surface area contributed by atoms with E-state index in [1.807, 2.05) is 0 Å². The van der Waals surface area contributed by atoms with Crippen molar-refractivity contribution in [2.45, 2.75) is 80.1 Å². The van der Waals surface area contributed by atoms with Crippen LogP contribution in [0.3, 0.4) is 0 Å². The molecular weight excluding hydrogens is 563 g/mol. The van der Waals surface area contributed by atoms with E-state index < -0.39 is 7.12 Å². The number of nitrogens with zero attached hydrogens (tertiary/aromatic N) is 6. The van der Waals surface area contributed by atoms with Gasteiger partial charge < -0.3 is 9.19 Å². The van der Waals surface area contributed by atoms with Crippen LogP contribution in [0.2, 0.25) is 0 Å². The minimum absolute atomic E-state index is 0.485. The molecule has 2 aromatic heterocycles. The summed E-state index contributed by atoms with van der Waals surface area (Å²) in [5.41, 5.74) is 13.4. The van der Waals surface area contributed by atoms with Crippen LogP contribution in [-0.2, 0) is 0 Å². The number of rotatable bonds is 9. The van der Waals surface area contributed by atoms with E-state index in [4.69, 9.17) is 15.3 Å². The summed E-state index contributed by atoms with van der Waals surface area (Å²) < 4.78 is 4.28. The summed E-state index contributed by atoms with van der Waals surface area (Å²) in [6.07, 6.45) is 2.18. The fourth-order valence-electron chi connectivity index (χ4n) is 6.31. The van der Waals surface area contributed by atoms with Crippen LogP contribution in [0.15, 0.2) is 96.7 Å². The average Bonchev–Trinajstić information content (AvgIpc) is 3.74. The molecule has 0 amide bonds. The molecule has 0 bridgehead atoms. The maximum absolute atomic E-state index is 5.25. The number of aryl methyl sites for hydroxylation is 2. The van der Waals surface area contributed by atoms with E-state index >= 15 is 0 Å². The zero-order chi connectivity index (χ0) is 32.7. The molecule has 3 heterocycles. The zero-order valence-electron chi connectivity index (χ0n) is 28.8. The number of hydrogen-bond donors (Lipinski definition) is 0. The standard InChI is InChI=1S/C39H46BN6/c1-25(2)31-10-16-34(17-11-31)37-22-28(7)44(41-37)40(45-29(8)23-38(42-45)35-18-12-32(13-19-35)26(3)4)46-30(9)24-39(43-46)36-20-14-33(15-21-36)27(5)6/h10-27,40H,1-9H3. The van der Waals surface area contributed by atoms with Crippen LogP contribution in [-0.4, -0.2) is 37.1 Å². The highest BCUT2D eigenvalue weighted by molar-refractivity contribution is 6.53. The summed E-state index contributed by atoms with van der Waals surface area (Å²) in [6.45, 7) is 19.7. The van der Waals surface area contributed by atoms with E-state index in [1.165, 1.54) is 16.7 Å². The molecule has 1 aliphatic rings. The molecular formula is C39H46BN6. The topological polar surface area (TPSA) is 53.0 Å². The van der Waals surface area contributed by atoms with E-state index in [0.29, 0.717) is 17.8 Å². The van der Waals surface area contributed by atoms with Crippen molar-refractivity contribution in [3.05, 3.63) is 130 Å². The lowest BCUT2D eigenvalue weighted by molar-refractivity contribution is 0.480. The van der Waals surface area contributed by atoms with Crippen molar-refractivity contribution in [2.75, 3.05) is 0 Å². The van der Waals surface area contributed by atoms with E-state index in [1.54, 1.807) is 0 Å². The Labute approximate surface area is 274 Å². The lowest BCUT2D eigenvalue weighted by atomic mass is 9.91. The second kappa shape index (κ2) is 12.6. The summed E-state index contributed by atoms with van der Waals surface area (Å²) in [5, 5.41) is 15.7. The predicted molar refractivity (Wildman–Crippen MR) is 193 cm³/mol. The molecule has 7 heteroatoms. The number of allylic oxidation sites excluding steroid dienone is 2. The van der Waals surface area contributed by atoms with Crippen molar-refractivity contribution in [2.24, 2.45) is 0 Å². The maximum atomic E-state index is 5.25. The lowest BCUT2D eigenvalue weighted by Gasteiger charge is -2.30. The Morgan fingerprint density at radius 2 is 0.913 bits per heavy atom. The fraction of sp³-hybridized carbons (Fsp3) is 0.308. The first kappa shape index (κ1) is 31.3. The minimum Gasteiger partial charge on any atom is -0.397 e. The quantitative estimate of drug-likeness (QED) is 0.158. The first-order chi connectivity index (χ1) is 22.0. The van der Waals surface area contributed by atoms with Crippen LogP contribution in [0.25, 0.3) is 22.5 Å². The Balaban J connectivity index is 1.44. The smallest absolute Gasteiger partial charge is 0.375 e. The monoisotopic (exact) mass is 609 g/mol. The summed E-state index contributed by atoms with van der Waals surface area (Å²) in [6, 6.07) is 30.7. The molecule has 0 fully saturated rings. The first-order valence-electron chi connectivity index (χ1n) is 16.7. The molecule has 1 radical (unpaired) electrons. The molecule has 5 aromatic rings. The summed E-state index contributed by atoms with van der Waals surface area (Å²) in [5.74, 6) is 1.46. The van der Waals surface area contributed by atoms with Gasteiger partial charge in [0.2, 0.25) is 0 Å². The molecule has 0 spiro atoms. The van der Waals surface area contributed by atoms with Gasteiger partial charge in [-0.25, -0.2) is 15.1 Å². The van der Waals surface area contributed by atoms with Crippen molar-refractivity contribution in [3.63, 3.8) is 0 Å². The highest BCUT2D eigenvalue weighted by Gasteiger charge is 2.35. The lowest BCUT2D eigenvalue weighted by Crippen LogP contribution is -2.52. The van der Waals surface area contributed by atoms with Crippen LogP contribution in [0, 0.1) is 13.8 Å². The van der Waals surface area contributed by atoms with Crippen LogP contribution in [0.1, 0.15) is 99.9 Å². The van der Waals surface area contributed by atoms with Crippen LogP contribution < -0.4 is 5.10 Å². The third-order valence-corrected chi connectivity index (χ3v) is 9.37. The molecule has 6 nitrogen and oxygen atoms in total. The van der Waals surface area contributed by atoms with Crippen molar-refractivity contribution >= 4 is 12.8 Å². The zero-order valence-corrected chi connectivity index (χ0v) is 28.8. The Hall–Kier alpha value is -4.65. The van der Waals surface area contributed by atoms with Gasteiger partial charge in [0.15, 0.2) is 0 Å². The van der Waals surface area contributed by atoms with Gasteiger partial charge in [-0.1, -0.05) is 102 Å². The van der Waals surface area contributed by atoms with Crippen LogP contribution in [0.4, 0.5) is 0 Å². The van der Waals surface area contributed by atoms with Crippen molar-refractivity contribution in [3.8, 4) is 22.5 Å². The molecule has 235 valence electrons. The van der Waals surface area contributed by atoms with Gasteiger partial charge >= 0.3 is 12.8 Å². The van der Waals surface area contributed by atoms with Crippen LogP contribution in [0.5, 0.6) is 0 Å². The second-order valence-electron chi connectivity index (χ2n) is 13.8. The third-order valence-electron chi connectivity index (χ3n) is 9.37. The van der Waals surface area contributed by atoms with Gasteiger partial charge in [0, 0.05) is 22.9 Å². The Kier molecular flexibility index (Phi) is 8.60. The largest absolute Gasteiger partial charge is 0.397 e. The molecule has 6 rings (SSSR count). The first-order valence-corrected chi connectivity index (χ1v) is 16.7. The maximum Gasteiger partial charge on any atom is 0.375 e. The summed E-state index contributed by atoms with van der Waals surface area (Å²) >= 11 is 0. The normalized spacial score (nSPS) is 13.5. The SMILES string of the molecule is CC1=CC(c2ccc(C(C)C)cc2)=[N+]N1[BH-](n1nc(-c2ccc(C(C)C)cc2)cc1C)n1nc(-c2ccc(C(C)C)cc2)cc1C. The van der Waals surface area contributed by atoms with Gasteiger partial charge in [-0.3, -0.25) is 0 Å². The molecule has 0 saturated heterocycles. The van der Waals surface area contributed by atoms with Gasteiger partial charge in [-0.15, -0.1) is 0 Å². The number of hydrogen-bond acceptors (Lipinski definition) is 4. The molecule has 0 saturated carbocycles. The van der Waals surface area contributed by atoms with Gasteiger partial charge in [0.25, 0.3) is 0 Å². The van der Waals surface area contributed by atoms with Gasteiger partial charge in [-0.05, 0) is 90.9 Å². The molecule has 0 aliphatic carbocycles. The van der Waals surface area contributed by atoms with Gasteiger partial charge in [-0.2, -0.15) is 0 Å². The highest BCUT2D eigenvalue weighted by Crippen LogP contribution is 2.27. The summed E-state index contributed by atoms with van der Waals surface area (Å²) in [7, 11) is -1.61. The molecule has 0 unspecified atom stereocenters. The highest BCUT2D eigenvalue weighted by atomic mass is 15.6. The number of hydrazone groups is 1. The Morgan fingerprint density at radius 3 is 1.28 bits per heavy atom. The third kappa shape index (κ3) is 6.11. The minimum atomic E-state index is -1.61.